The number of hydrogen-bond acceptors (Lipinski definition) is 12. The lowest BCUT2D eigenvalue weighted by atomic mass is 9.89. The lowest BCUT2D eigenvalue weighted by Gasteiger charge is -2.28. The van der Waals surface area contributed by atoms with E-state index in [4.69, 9.17) is 18.7 Å². The minimum absolute atomic E-state index is 0.111. The van der Waals surface area contributed by atoms with Crippen LogP contribution in [0.25, 0.3) is 10.8 Å². The molecule has 4 aliphatic rings. The first-order chi connectivity index (χ1) is 23.8. The summed E-state index contributed by atoms with van der Waals surface area (Å²) < 4.78 is 72.5. The van der Waals surface area contributed by atoms with Crippen molar-refractivity contribution >= 4 is 45.8 Å². The first kappa shape index (κ1) is 36.6. The molecule has 7 rings (SSSR count). The van der Waals surface area contributed by atoms with E-state index in [1.165, 1.54) is 29.2 Å². The first-order valence-corrected chi connectivity index (χ1v) is 22.3. The van der Waals surface area contributed by atoms with Crippen molar-refractivity contribution in [3.63, 3.8) is 0 Å². The Labute approximate surface area is 292 Å². The maximum Gasteiger partial charge on any atom is 0.488 e. The fourth-order valence-corrected chi connectivity index (χ4v) is 11.9. The molecule has 3 heterocycles. The van der Waals surface area contributed by atoms with Crippen molar-refractivity contribution in [3.05, 3.63) is 70.8 Å². The minimum atomic E-state index is -5.63. The highest BCUT2D eigenvalue weighted by Gasteiger charge is 2.55. The van der Waals surface area contributed by atoms with Crippen LogP contribution in [0.1, 0.15) is 56.7 Å². The largest absolute Gasteiger partial charge is 0.488 e. The summed E-state index contributed by atoms with van der Waals surface area (Å²) in [6.07, 6.45) is 3.89. The van der Waals surface area contributed by atoms with Crippen molar-refractivity contribution in [2.45, 2.75) is 87.0 Å². The molecule has 19 heteroatoms. The fourth-order valence-electron chi connectivity index (χ4n) is 6.68. The molecule has 4 fully saturated rings. The summed E-state index contributed by atoms with van der Waals surface area (Å²) in [6.45, 7) is -0.684. The van der Waals surface area contributed by atoms with E-state index >= 15 is 0 Å². The normalized spacial score (nSPS) is 29.3. The second-order valence-corrected chi connectivity index (χ2v) is 19.1. The molecule has 272 valence electrons. The summed E-state index contributed by atoms with van der Waals surface area (Å²) >= 11 is 1.51. The third-order valence-corrected chi connectivity index (χ3v) is 15.1. The zero-order valence-corrected chi connectivity index (χ0v) is 30.4. The van der Waals surface area contributed by atoms with Gasteiger partial charge in [-0.1, -0.05) is 61.7 Å². The number of thioether (sulfide) groups is 1. The Morgan fingerprint density at radius 3 is 2.36 bits per heavy atom. The summed E-state index contributed by atoms with van der Waals surface area (Å²) in [4.78, 5) is 48.5. The van der Waals surface area contributed by atoms with Gasteiger partial charge in [0, 0.05) is 17.9 Å². The highest BCUT2D eigenvalue weighted by molar-refractivity contribution is 7.99. The molecular weight excluding hydrogens is 733 g/mol. The highest BCUT2D eigenvalue weighted by Crippen LogP contribution is 2.68. The monoisotopic (exact) mass is 772 g/mol. The molecule has 2 aliphatic carbocycles. The molecule has 5 unspecified atom stereocenters. The van der Waals surface area contributed by atoms with E-state index < -0.39 is 72.5 Å². The third-order valence-electron chi connectivity index (χ3n) is 9.23. The second kappa shape index (κ2) is 14.9. The standard InChI is InChI=1S/C31H39N2O13P3S/c34-31-32-26(50-19-20-13-14-20)15-16-33(31)29-28-27(43-30(44-28)22-8-2-1-3-9-22)25(42-29)17-41-48(37,38)46-49(39,40)45-47(35,36)18-23-11-6-10-21-7-4-5-12-24(21)23/h4-7,10-12,15-16,20,22,25,27-30H,1-3,8-9,13-14,17-19H2,(H,35,36)(H,37,38)(H,39,40)/t25-,27?,28+,29-,30?/m1/s1. The number of fused-ring (bicyclic) bond motifs is 2. The van der Waals surface area contributed by atoms with Gasteiger partial charge in [-0.2, -0.15) is 9.29 Å². The number of aromatic nitrogens is 2. The van der Waals surface area contributed by atoms with Crippen LogP contribution in [0.5, 0.6) is 0 Å². The molecule has 2 aliphatic heterocycles. The first-order valence-electron chi connectivity index (χ1n) is 16.5. The summed E-state index contributed by atoms with van der Waals surface area (Å²) in [5, 5.41) is 1.98. The summed E-state index contributed by atoms with van der Waals surface area (Å²) in [5.74, 6) is 1.64. The predicted molar refractivity (Wildman–Crippen MR) is 181 cm³/mol. The van der Waals surface area contributed by atoms with E-state index in [-0.39, 0.29) is 5.92 Å². The molecule has 0 amide bonds. The number of rotatable bonds is 14. The number of hydrogen-bond donors (Lipinski definition) is 3. The van der Waals surface area contributed by atoms with E-state index in [9.17, 15) is 33.2 Å². The van der Waals surface area contributed by atoms with Crippen LogP contribution in [-0.4, -0.2) is 61.2 Å². The lowest BCUT2D eigenvalue weighted by molar-refractivity contribution is -0.174. The van der Waals surface area contributed by atoms with Crippen LogP contribution in [-0.2, 0) is 47.2 Å². The quantitative estimate of drug-likeness (QED) is 0.0960. The summed E-state index contributed by atoms with van der Waals surface area (Å²) in [6, 6.07) is 13.7. The minimum Gasteiger partial charge on any atom is -0.346 e. The smallest absolute Gasteiger partial charge is 0.346 e. The van der Waals surface area contributed by atoms with Gasteiger partial charge in [0.05, 0.1) is 12.8 Å². The van der Waals surface area contributed by atoms with Gasteiger partial charge in [-0.3, -0.25) is 13.7 Å². The van der Waals surface area contributed by atoms with E-state index in [1.54, 1.807) is 54.7 Å². The average Bonchev–Trinajstić information content (AvgIpc) is 3.69. The molecule has 15 nitrogen and oxygen atoms in total. The van der Waals surface area contributed by atoms with Crippen molar-refractivity contribution < 1.29 is 55.7 Å². The maximum absolute atomic E-state index is 13.1. The van der Waals surface area contributed by atoms with E-state index in [0.29, 0.717) is 21.9 Å². The Kier molecular flexibility index (Phi) is 10.9. The molecule has 2 saturated carbocycles. The highest BCUT2D eigenvalue weighted by atomic mass is 32.2. The molecule has 50 heavy (non-hydrogen) atoms. The second-order valence-electron chi connectivity index (χ2n) is 13.1. The molecule has 2 aromatic carbocycles. The zero-order chi connectivity index (χ0) is 35.1. The van der Waals surface area contributed by atoms with Crippen LogP contribution >= 0.6 is 35.0 Å². The van der Waals surface area contributed by atoms with Gasteiger partial charge in [0.15, 0.2) is 12.5 Å². The predicted octanol–water partition coefficient (Wildman–Crippen LogP) is 6.12. The van der Waals surface area contributed by atoms with Crippen LogP contribution < -0.4 is 5.69 Å². The Hall–Kier alpha value is -1.74. The number of nitrogens with zero attached hydrogens (tertiary/aromatic N) is 2. The molecule has 3 aromatic rings. The summed E-state index contributed by atoms with van der Waals surface area (Å²) in [7, 11) is -15.9. The van der Waals surface area contributed by atoms with E-state index in [2.05, 4.69) is 13.6 Å². The SMILES string of the molecule is O=c1nc(SCC2CC2)ccn1[C@@H]1O[C@H](COP(=O)(O)OP(=O)(O)OP(=O)(O)Cc2cccc3ccccc23)C2OC(C3CCCCC3)O[C@@H]21. The van der Waals surface area contributed by atoms with Gasteiger partial charge in [0.2, 0.25) is 0 Å². The lowest BCUT2D eigenvalue weighted by Crippen LogP contribution is -2.34. The van der Waals surface area contributed by atoms with Crippen molar-refractivity contribution in [3.8, 4) is 0 Å². The summed E-state index contributed by atoms with van der Waals surface area (Å²) in [5.41, 5.74) is -0.210. The van der Waals surface area contributed by atoms with Crippen LogP contribution in [0.2, 0.25) is 0 Å². The fraction of sp³-hybridized carbons (Fsp3) is 0.548. The van der Waals surface area contributed by atoms with Crippen molar-refractivity contribution in [2.75, 3.05) is 12.4 Å². The molecular formula is C31H39N2O13P3S. The van der Waals surface area contributed by atoms with Crippen LogP contribution in [0, 0.1) is 11.8 Å². The van der Waals surface area contributed by atoms with Gasteiger partial charge in [0.1, 0.15) is 23.3 Å². The van der Waals surface area contributed by atoms with Gasteiger partial charge in [-0.15, -0.1) is 11.8 Å². The molecule has 1 aromatic heterocycles. The van der Waals surface area contributed by atoms with Crippen LogP contribution in [0.3, 0.4) is 0 Å². The maximum atomic E-state index is 13.1. The van der Waals surface area contributed by atoms with E-state index in [1.807, 2.05) is 0 Å². The topological polar surface area (TPSA) is 202 Å². The van der Waals surface area contributed by atoms with Gasteiger partial charge in [0.25, 0.3) is 0 Å². The molecule has 0 spiro atoms. The van der Waals surface area contributed by atoms with Gasteiger partial charge in [-0.25, -0.2) is 18.2 Å². The van der Waals surface area contributed by atoms with Gasteiger partial charge >= 0.3 is 28.9 Å². The van der Waals surface area contributed by atoms with Crippen molar-refractivity contribution in [2.24, 2.45) is 11.8 Å². The molecule has 3 N–H and O–H groups in total. The molecule has 0 radical (unpaired) electrons. The number of phosphoric acid groups is 2. The van der Waals surface area contributed by atoms with Crippen LogP contribution in [0.15, 0.2) is 64.5 Å². The Bertz CT molecular complexity index is 1900. The molecule has 2 saturated heterocycles. The Morgan fingerprint density at radius 1 is 0.860 bits per heavy atom. The number of phosphoric ester groups is 1. The Balaban J connectivity index is 1.02. The van der Waals surface area contributed by atoms with Crippen LogP contribution in [0.4, 0.5) is 0 Å². The molecule has 8 atom stereocenters. The van der Waals surface area contributed by atoms with Gasteiger partial charge < -0.3 is 28.9 Å². The third kappa shape index (κ3) is 8.89. The van der Waals surface area contributed by atoms with Gasteiger partial charge in [-0.05, 0) is 54.0 Å². The van der Waals surface area contributed by atoms with Crippen molar-refractivity contribution in [1.82, 2.24) is 9.55 Å². The Morgan fingerprint density at radius 2 is 1.60 bits per heavy atom. The van der Waals surface area contributed by atoms with E-state index in [0.717, 1.165) is 43.2 Å². The number of benzene rings is 2. The zero-order valence-electron chi connectivity index (χ0n) is 26.9. The average molecular weight is 773 g/mol. The molecule has 0 bridgehead atoms. The van der Waals surface area contributed by atoms with Crippen molar-refractivity contribution in [1.29, 1.82) is 0 Å². The number of ether oxygens (including phenoxy) is 3.